The minimum absolute atomic E-state index is 0.585. The van der Waals surface area contributed by atoms with Gasteiger partial charge in [0.15, 0.2) is 0 Å². The lowest BCUT2D eigenvalue weighted by Gasteiger charge is -2.31. The van der Waals surface area contributed by atoms with Crippen molar-refractivity contribution in [2.24, 2.45) is 5.73 Å². The van der Waals surface area contributed by atoms with Gasteiger partial charge in [-0.3, -0.25) is 0 Å². The zero-order valence-corrected chi connectivity index (χ0v) is 15.8. The molecule has 0 heterocycles. The summed E-state index contributed by atoms with van der Waals surface area (Å²) in [7, 11) is 3.33. The molecule has 0 aliphatic heterocycles. The highest BCUT2D eigenvalue weighted by atomic mass is 16.5. The molecular formula is C23H26N2O2. The molecule has 0 atom stereocenters. The summed E-state index contributed by atoms with van der Waals surface area (Å²) < 4.78 is 10.8. The van der Waals surface area contributed by atoms with Crippen LogP contribution in [0, 0.1) is 0 Å². The molecule has 0 spiro atoms. The van der Waals surface area contributed by atoms with Gasteiger partial charge in [0, 0.05) is 18.7 Å². The van der Waals surface area contributed by atoms with Gasteiger partial charge in [0.25, 0.3) is 0 Å². The van der Waals surface area contributed by atoms with Crippen molar-refractivity contribution in [3.05, 3.63) is 95.6 Å². The van der Waals surface area contributed by atoms with Gasteiger partial charge in [-0.25, -0.2) is 0 Å². The molecule has 0 fully saturated rings. The SMILES string of the molecule is COc1ccc(OC)c(CNCC(N)(c2ccccc2)c2ccccc2)c1. The smallest absolute Gasteiger partial charge is 0.123 e. The Kier molecular flexibility index (Phi) is 6.12. The normalized spacial score (nSPS) is 11.2. The molecule has 3 rings (SSSR count). The minimum Gasteiger partial charge on any atom is -0.497 e. The fourth-order valence-electron chi connectivity index (χ4n) is 3.26. The summed E-state index contributed by atoms with van der Waals surface area (Å²) in [6.45, 7) is 1.21. The molecular weight excluding hydrogens is 336 g/mol. The van der Waals surface area contributed by atoms with E-state index in [0.717, 1.165) is 28.2 Å². The first-order valence-electron chi connectivity index (χ1n) is 8.99. The zero-order chi connectivity index (χ0) is 19.1. The Morgan fingerprint density at radius 3 is 1.93 bits per heavy atom. The van der Waals surface area contributed by atoms with Gasteiger partial charge < -0.3 is 20.5 Å². The predicted molar refractivity (Wildman–Crippen MR) is 109 cm³/mol. The largest absolute Gasteiger partial charge is 0.497 e. The lowest BCUT2D eigenvalue weighted by Crippen LogP contribution is -2.46. The Bertz CT molecular complexity index is 811. The van der Waals surface area contributed by atoms with Gasteiger partial charge in [-0.1, -0.05) is 60.7 Å². The number of ether oxygens (including phenoxy) is 2. The first-order chi connectivity index (χ1) is 13.2. The molecule has 0 amide bonds. The lowest BCUT2D eigenvalue weighted by atomic mass is 9.83. The van der Waals surface area contributed by atoms with Crippen molar-refractivity contribution < 1.29 is 9.47 Å². The predicted octanol–water partition coefficient (Wildman–Crippen LogP) is 3.70. The molecule has 0 saturated heterocycles. The topological polar surface area (TPSA) is 56.5 Å². The maximum absolute atomic E-state index is 6.91. The van der Waals surface area contributed by atoms with E-state index in [2.05, 4.69) is 29.6 Å². The van der Waals surface area contributed by atoms with Crippen LogP contribution in [-0.2, 0) is 12.1 Å². The molecule has 140 valence electrons. The van der Waals surface area contributed by atoms with Crippen molar-refractivity contribution >= 4 is 0 Å². The molecule has 0 saturated carbocycles. The molecule has 4 heteroatoms. The summed E-state index contributed by atoms with van der Waals surface area (Å²) in [5.74, 6) is 1.63. The molecule has 0 aliphatic rings. The highest BCUT2D eigenvalue weighted by Crippen LogP contribution is 2.27. The fourth-order valence-corrected chi connectivity index (χ4v) is 3.26. The van der Waals surface area contributed by atoms with Crippen molar-refractivity contribution in [2.45, 2.75) is 12.1 Å². The van der Waals surface area contributed by atoms with Crippen LogP contribution in [0.2, 0.25) is 0 Å². The van der Waals surface area contributed by atoms with Crippen LogP contribution in [0.3, 0.4) is 0 Å². The van der Waals surface area contributed by atoms with E-state index in [-0.39, 0.29) is 0 Å². The summed E-state index contributed by atoms with van der Waals surface area (Å²) in [4.78, 5) is 0. The average Bonchev–Trinajstić information content (AvgIpc) is 2.74. The van der Waals surface area contributed by atoms with Gasteiger partial charge in [0.2, 0.25) is 0 Å². The average molecular weight is 362 g/mol. The van der Waals surface area contributed by atoms with E-state index < -0.39 is 5.54 Å². The molecule has 0 bridgehead atoms. The first kappa shape index (κ1) is 19.0. The third kappa shape index (κ3) is 4.30. The van der Waals surface area contributed by atoms with Gasteiger partial charge in [-0.2, -0.15) is 0 Å². The molecule has 4 nitrogen and oxygen atoms in total. The standard InChI is InChI=1S/C23H26N2O2/c1-26-21-13-14-22(27-2)18(15-21)16-25-17-23(24,19-9-5-3-6-10-19)20-11-7-4-8-12-20/h3-15,25H,16-17,24H2,1-2H3. The van der Waals surface area contributed by atoms with E-state index in [1.54, 1.807) is 14.2 Å². The van der Waals surface area contributed by atoms with E-state index in [4.69, 9.17) is 15.2 Å². The maximum Gasteiger partial charge on any atom is 0.123 e. The molecule has 0 aliphatic carbocycles. The van der Waals surface area contributed by atoms with Crippen molar-refractivity contribution in [1.29, 1.82) is 0 Å². The fraction of sp³-hybridized carbons (Fsp3) is 0.217. The number of hydrogen-bond donors (Lipinski definition) is 2. The number of nitrogens with two attached hydrogens (primary N) is 1. The summed E-state index contributed by atoms with van der Waals surface area (Å²) in [6.07, 6.45) is 0. The van der Waals surface area contributed by atoms with Crippen LogP contribution in [-0.4, -0.2) is 20.8 Å². The van der Waals surface area contributed by atoms with Crippen LogP contribution in [0.15, 0.2) is 78.9 Å². The number of rotatable bonds is 8. The Labute approximate surface area is 160 Å². The second-order valence-electron chi connectivity index (χ2n) is 6.48. The maximum atomic E-state index is 6.91. The van der Waals surface area contributed by atoms with Crippen LogP contribution >= 0.6 is 0 Å². The Hall–Kier alpha value is -2.82. The number of benzene rings is 3. The van der Waals surface area contributed by atoms with Crippen LogP contribution in [0.5, 0.6) is 11.5 Å². The minimum atomic E-state index is -0.630. The molecule has 3 N–H and O–H groups in total. The third-order valence-electron chi connectivity index (χ3n) is 4.78. The van der Waals surface area contributed by atoms with E-state index in [1.165, 1.54) is 0 Å². The summed E-state index contributed by atoms with van der Waals surface area (Å²) in [5, 5.41) is 3.50. The van der Waals surface area contributed by atoms with Crippen molar-refractivity contribution in [3.63, 3.8) is 0 Å². The van der Waals surface area contributed by atoms with Gasteiger partial charge in [-0.15, -0.1) is 0 Å². The van der Waals surface area contributed by atoms with Crippen LogP contribution in [0.1, 0.15) is 16.7 Å². The zero-order valence-electron chi connectivity index (χ0n) is 15.8. The second kappa shape index (κ2) is 8.71. The van der Waals surface area contributed by atoms with Crippen molar-refractivity contribution in [2.75, 3.05) is 20.8 Å². The number of nitrogens with one attached hydrogen (secondary N) is 1. The quantitative estimate of drug-likeness (QED) is 0.642. The van der Waals surface area contributed by atoms with Gasteiger partial charge >= 0.3 is 0 Å². The summed E-state index contributed by atoms with van der Waals surface area (Å²) >= 11 is 0. The molecule has 27 heavy (non-hydrogen) atoms. The van der Waals surface area contributed by atoms with Crippen LogP contribution < -0.4 is 20.5 Å². The second-order valence-corrected chi connectivity index (χ2v) is 6.48. The molecule has 3 aromatic carbocycles. The van der Waals surface area contributed by atoms with E-state index in [0.29, 0.717) is 13.1 Å². The van der Waals surface area contributed by atoms with E-state index in [1.807, 2.05) is 54.6 Å². The molecule has 0 aromatic heterocycles. The molecule has 0 unspecified atom stereocenters. The third-order valence-corrected chi connectivity index (χ3v) is 4.78. The van der Waals surface area contributed by atoms with Crippen LogP contribution in [0.25, 0.3) is 0 Å². The number of hydrogen-bond acceptors (Lipinski definition) is 4. The van der Waals surface area contributed by atoms with E-state index in [9.17, 15) is 0 Å². The van der Waals surface area contributed by atoms with Crippen molar-refractivity contribution in [1.82, 2.24) is 5.32 Å². The summed E-state index contributed by atoms with van der Waals surface area (Å²) in [6, 6.07) is 26.2. The Balaban J connectivity index is 1.83. The van der Waals surface area contributed by atoms with Gasteiger partial charge in [-0.05, 0) is 29.3 Å². The highest BCUT2D eigenvalue weighted by molar-refractivity contribution is 5.41. The Morgan fingerprint density at radius 1 is 0.815 bits per heavy atom. The molecule has 0 radical (unpaired) electrons. The first-order valence-corrected chi connectivity index (χ1v) is 8.99. The Morgan fingerprint density at radius 2 is 1.41 bits per heavy atom. The highest BCUT2D eigenvalue weighted by Gasteiger charge is 2.29. The van der Waals surface area contributed by atoms with Crippen molar-refractivity contribution in [3.8, 4) is 11.5 Å². The molecule has 3 aromatic rings. The van der Waals surface area contributed by atoms with E-state index >= 15 is 0 Å². The van der Waals surface area contributed by atoms with Gasteiger partial charge in [0.1, 0.15) is 11.5 Å². The lowest BCUT2D eigenvalue weighted by molar-refractivity contribution is 0.395. The number of methoxy groups -OCH3 is 2. The monoisotopic (exact) mass is 362 g/mol. The van der Waals surface area contributed by atoms with Gasteiger partial charge in [0.05, 0.1) is 19.8 Å². The van der Waals surface area contributed by atoms with Crippen LogP contribution in [0.4, 0.5) is 0 Å². The summed E-state index contributed by atoms with van der Waals surface area (Å²) in [5.41, 5.74) is 9.45.